The maximum Gasteiger partial charge on any atom is 0.323 e. The minimum atomic E-state index is -0.444. The Bertz CT molecular complexity index is 1370. The minimum absolute atomic E-state index is 0.343. The number of ether oxygens (including phenoxy) is 2. The number of hydrogen-bond donors (Lipinski definition) is 3. The van der Waals surface area contributed by atoms with Crippen LogP contribution >= 0.6 is 11.6 Å². The lowest BCUT2D eigenvalue weighted by Gasteiger charge is -2.14. The van der Waals surface area contributed by atoms with E-state index in [1.54, 1.807) is 55.7 Å². The number of pyridine rings is 1. The number of anilines is 3. The van der Waals surface area contributed by atoms with Gasteiger partial charge >= 0.3 is 6.03 Å². The molecule has 0 aliphatic heterocycles. The van der Waals surface area contributed by atoms with Crippen molar-refractivity contribution in [1.29, 1.82) is 0 Å². The highest BCUT2D eigenvalue weighted by Gasteiger charge is 2.14. The molecule has 4 rings (SSSR count). The van der Waals surface area contributed by atoms with E-state index in [1.165, 1.54) is 13.4 Å². The Morgan fingerprint density at radius 1 is 1.00 bits per heavy atom. The molecular weight excluding hydrogens is 470 g/mol. The average molecular weight is 492 g/mol. The van der Waals surface area contributed by atoms with Crippen molar-refractivity contribution in [3.05, 3.63) is 71.6 Å². The summed E-state index contributed by atoms with van der Waals surface area (Å²) in [5.74, 6) is 2.27. The van der Waals surface area contributed by atoms with E-state index < -0.39 is 6.03 Å². The third kappa shape index (κ3) is 5.74. The Hall–Kier alpha value is -4.44. The monoisotopic (exact) mass is 491 g/mol. The summed E-state index contributed by atoms with van der Waals surface area (Å²) in [7, 11) is 3.24. The molecule has 10 nitrogen and oxygen atoms in total. The highest BCUT2D eigenvalue weighted by atomic mass is 35.5. The van der Waals surface area contributed by atoms with E-state index in [-0.39, 0.29) is 0 Å². The molecule has 2 amide bonds. The summed E-state index contributed by atoms with van der Waals surface area (Å²) in [6.07, 6.45) is 3.04. The molecule has 0 bridgehead atoms. The van der Waals surface area contributed by atoms with Crippen molar-refractivity contribution in [2.24, 2.45) is 0 Å². The molecule has 0 fully saturated rings. The third-order valence-corrected chi connectivity index (χ3v) is 5.09. The van der Waals surface area contributed by atoms with Crippen molar-refractivity contribution >= 4 is 35.0 Å². The number of carbonyl (C=O) groups is 1. The van der Waals surface area contributed by atoms with Gasteiger partial charge in [0.25, 0.3) is 0 Å². The van der Waals surface area contributed by atoms with Crippen LogP contribution in [0.4, 0.5) is 22.1 Å². The van der Waals surface area contributed by atoms with Gasteiger partial charge in [-0.1, -0.05) is 11.6 Å². The zero-order valence-corrected chi connectivity index (χ0v) is 19.9. The number of hydrogen-bond acceptors (Lipinski definition) is 8. The van der Waals surface area contributed by atoms with Crippen LogP contribution in [0.1, 0.15) is 5.56 Å². The molecular formula is C24H22ClN7O3. The first-order valence-electron chi connectivity index (χ1n) is 10.5. The van der Waals surface area contributed by atoms with E-state index in [4.69, 9.17) is 21.1 Å². The summed E-state index contributed by atoms with van der Waals surface area (Å²) in [6, 6.07) is 13.4. The number of halogens is 1. The number of carbonyl (C=O) groups excluding carboxylic acids is 1. The molecule has 11 heteroatoms. The van der Waals surface area contributed by atoms with Crippen molar-refractivity contribution < 1.29 is 14.3 Å². The number of nitrogens with one attached hydrogen (secondary N) is 3. The molecule has 0 spiro atoms. The SMILES string of the molecule is CNc1ncnc(-c2cccnc2Oc2ccc(NC(=O)Nc3cc(Cl)ccc3OC)cc2C)n1. The molecule has 2 aromatic heterocycles. The Morgan fingerprint density at radius 3 is 2.60 bits per heavy atom. The molecule has 2 aromatic carbocycles. The predicted octanol–water partition coefficient (Wildman–Crippen LogP) is 5.38. The maximum atomic E-state index is 12.5. The standard InChI is InChI=1S/C24H22ClN7O3/c1-14-11-16(30-24(33)31-18-12-15(25)6-8-20(18)34-3)7-9-19(14)35-22-17(5-4-10-27-22)21-28-13-29-23(26-2)32-21/h4-13H,1-3H3,(H2,30,31,33)(H,26,28,29,32). The normalized spacial score (nSPS) is 10.4. The summed E-state index contributed by atoms with van der Waals surface area (Å²) in [4.78, 5) is 29.5. The molecule has 35 heavy (non-hydrogen) atoms. The quantitative estimate of drug-likeness (QED) is 0.315. The molecule has 0 saturated heterocycles. The molecule has 0 aliphatic carbocycles. The van der Waals surface area contributed by atoms with Gasteiger partial charge < -0.3 is 25.4 Å². The van der Waals surface area contributed by atoms with E-state index in [0.717, 1.165) is 5.56 Å². The molecule has 2 heterocycles. The van der Waals surface area contributed by atoms with Crippen LogP contribution < -0.4 is 25.4 Å². The summed E-state index contributed by atoms with van der Waals surface area (Å²) < 4.78 is 11.3. The third-order valence-electron chi connectivity index (χ3n) is 4.86. The number of nitrogens with zero attached hydrogens (tertiary/aromatic N) is 4. The first-order chi connectivity index (χ1) is 17.0. The highest BCUT2D eigenvalue weighted by molar-refractivity contribution is 6.31. The average Bonchev–Trinajstić information content (AvgIpc) is 2.86. The molecule has 4 aromatic rings. The van der Waals surface area contributed by atoms with Gasteiger partial charge in [0.15, 0.2) is 5.82 Å². The second-order valence-electron chi connectivity index (χ2n) is 7.24. The lowest BCUT2D eigenvalue weighted by Crippen LogP contribution is -2.19. The molecule has 0 atom stereocenters. The van der Waals surface area contributed by atoms with Gasteiger partial charge in [-0.2, -0.15) is 4.98 Å². The summed E-state index contributed by atoms with van der Waals surface area (Å²) >= 11 is 6.03. The number of rotatable bonds is 7. The van der Waals surface area contributed by atoms with Crippen LogP contribution in [0.25, 0.3) is 11.4 Å². The van der Waals surface area contributed by atoms with Crippen molar-refractivity contribution in [3.8, 4) is 28.8 Å². The van der Waals surface area contributed by atoms with Crippen LogP contribution in [0.5, 0.6) is 17.4 Å². The molecule has 0 unspecified atom stereocenters. The second kappa shape index (κ2) is 10.7. The second-order valence-corrected chi connectivity index (χ2v) is 7.68. The number of methoxy groups -OCH3 is 1. The summed E-state index contributed by atoms with van der Waals surface area (Å²) in [6.45, 7) is 1.86. The van der Waals surface area contributed by atoms with Gasteiger partial charge in [0, 0.05) is 24.0 Å². The molecule has 0 saturated carbocycles. The van der Waals surface area contributed by atoms with E-state index in [0.29, 0.717) is 51.1 Å². The molecule has 0 aliphatic rings. The van der Waals surface area contributed by atoms with Crippen molar-refractivity contribution in [2.45, 2.75) is 6.92 Å². The van der Waals surface area contributed by atoms with Crippen molar-refractivity contribution in [2.75, 3.05) is 30.1 Å². The molecule has 178 valence electrons. The minimum Gasteiger partial charge on any atom is -0.495 e. The fraction of sp³-hybridized carbons (Fsp3) is 0.125. The first kappa shape index (κ1) is 23.7. The lowest BCUT2D eigenvalue weighted by atomic mass is 10.2. The van der Waals surface area contributed by atoms with Crippen molar-refractivity contribution in [1.82, 2.24) is 19.9 Å². The number of urea groups is 1. The molecule has 0 radical (unpaired) electrons. The van der Waals surface area contributed by atoms with Gasteiger partial charge in [-0.25, -0.2) is 19.7 Å². The van der Waals surface area contributed by atoms with Gasteiger partial charge in [0.1, 0.15) is 17.8 Å². The number of amides is 2. The summed E-state index contributed by atoms with van der Waals surface area (Å²) in [5, 5.41) is 8.89. The van der Waals surface area contributed by atoms with Crippen LogP contribution in [0.3, 0.4) is 0 Å². The Kier molecular flexibility index (Phi) is 7.22. The largest absolute Gasteiger partial charge is 0.495 e. The van der Waals surface area contributed by atoms with Gasteiger partial charge in [0.2, 0.25) is 11.8 Å². The number of aromatic nitrogens is 4. The Labute approximate surface area is 206 Å². The van der Waals surface area contributed by atoms with Crippen LogP contribution in [-0.4, -0.2) is 40.1 Å². The van der Waals surface area contributed by atoms with Gasteiger partial charge in [-0.05, 0) is 61.0 Å². The van der Waals surface area contributed by atoms with Crippen molar-refractivity contribution in [3.63, 3.8) is 0 Å². The van der Waals surface area contributed by atoms with E-state index in [2.05, 4.69) is 35.9 Å². The van der Waals surface area contributed by atoms with Gasteiger partial charge in [0.05, 0.1) is 18.4 Å². The van der Waals surface area contributed by atoms with Crippen LogP contribution in [0.15, 0.2) is 61.1 Å². The van der Waals surface area contributed by atoms with Crippen LogP contribution in [0, 0.1) is 6.92 Å². The Morgan fingerprint density at radius 2 is 1.83 bits per heavy atom. The summed E-state index contributed by atoms with van der Waals surface area (Å²) in [5.41, 5.74) is 2.43. The fourth-order valence-electron chi connectivity index (χ4n) is 3.20. The number of benzene rings is 2. The predicted molar refractivity (Wildman–Crippen MR) is 135 cm³/mol. The van der Waals surface area contributed by atoms with Gasteiger partial charge in [-0.15, -0.1) is 0 Å². The smallest absolute Gasteiger partial charge is 0.323 e. The zero-order valence-electron chi connectivity index (χ0n) is 19.2. The maximum absolute atomic E-state index is 12.5. The topological polar surface area (TPSA) is 123 Å². The van der Waals surface area contributed by atoms with E-state index >= 15 is 0 Å². The zero-order chi connectivity index (χ0) is 24.8. The van der Waals surface area contributed by atoms with E-state index in [1.807, 2.05) is 13.0 Å². The first-order valence-corrected chi connectivity index (χ1v) is 10.9. The van der Waals surface area contributed by atoms with Crippen LogP contribution in [0.2, 0.25) is 5.02 Å². The van der Waals surface area contributed by atoms with E-state index in [9.17, 15) is 4.79 Å². The highest BCUT2D eigenvalue weighted by Crippen LogP contribution is 2.32. The number of aryl methyl sites for hydroxylation is 1. The van der Waals surface area contributed by atoms with Gasteiger partial charge in [-0.3, -0.25) is 0 Å². The van der Waals surface area contributed by atoms with Crippen LogP contribution in [-0.2, 0) is 0 Å². The Balaban J connectivity index is 1.50. The molecule has 3 N–H and O–H groups in total. The lowest BCUT2D eigenvalue weighted by molar-refractivity contribution is 0.262. The fourth-order valence-corrected chi connectivity index (χ4v) is 3.37.